The lowest BCUT2D eigenvalue weighted by atomic mass is 10.2. The van der Waals surface area contributed by atoms with Crippen LogP contribution >= 0.6 is 11.3 Å². The Kier molecular flexibility index (Phi) is 4.06. The minimum atomic E-state index is -2.85. The molecule has 0 saturated carbocycles. The first-order valence-electron chi connectivity index (χ1n) is 5.19. The number of hydrogen-bond acceptors (Lipinski definition) is 5. The van der Waals surface area contributed by atoms with E-state index in [1.807, 2.05) is 0 Å². The molecule has 0 radical (unpaired) electrons. The Balaban J connectivity index is 2.18. The van der Waals surface area contributed by atoms with Gasteiger partial charge in [-0.3, -0.25) is 0 Å². The molecule has 0 atom stereocenters. The molecule has 0 bridgehead atoms. The molecular formula is C12H9F2NO3S. The van der Waals surface area contributed by atoms with E-state index < -0.39 is 12.6 Å². The maximum absolute atomic E-state index is 12.0. The van der Waals surface area contributed by atoms with Gasteiger partial charge in [0.2, 0.25) is 0 Å². The van der Waals surface area contributed by atoms with Crippen molar-refractivity contribution in [3.63, 3.8) is 0 Å². The van der Waals surface area contributed by atoms with Crippen LogP contribution in [0.15, 0.2) is 29.6 Å². The van der Waals surface area contributed by atoms with Crippen molar-refractivity contribution in [1.82, 2.24) is 4.98 Å². The number of methoxy groups -OCH3 is 1. The average Bonchev–Trinajstić information content (AvgIpc) is 2.87. The molecule has 0 fully saturated rings. The van der Waals surface area contributed by atoms with E-state index in [0.29, 0.717) is 10.6 Å². The highest BCUT2D eigenvalue weighted by Gasteiger charge is 2.12. The number of esters is 1. The molecule has 4 nitrogen and oxygen atoms in total. The molecule has 0 saturated heterocycles. The Morgan fingerprint density at radius 3 is 2.58 bits per heavy atom. The second-order valence-electron chi connectivity index (χ2n) is 3.43. The highest BCUT2D eigenvalue weighted by Crippen LogP contribution is 2.26. The smallest absolute Gasteiger partial charge is 0.387 e. The molecule has 0 aliphatic heterocycles. The average molecular weight is 285 g/mol. The number of alkyl halides is 2. The Morgan fingerprint density at radius 1 is 1.32 bits per heavy atom. The summed E-state index contributed by atoms with van der Waals surface area (Å²) in [4.78, 5) is 15.3. The third-order valence-corrected chi connectivity index (χ3v) is 3.12. The van der Waals surface area contributed by atoms with Crippen LogP contribution in [0.4, 0.5) is 8.78 Å². The molecular weight excluding hydrogens is 276 g/mol. The lowest BCUT2D eigenvalue weighted by Crippen LogP contribution is -2.01. The SMILES string of the molecule is COC(=O)c1csc(-c2ccc(OC(F)F)cc2)n1. The van der Waals surface area contributed by atoms with Crippen molar-refractivity contribution in [1.29, 1.82) is 0 Å². The molecule has 0 aliphatic carbocycles. The summed E-state index contributed by atoms with van der Waals surface area (Å²) < 4.78 is 32.8. The lowest BCUT2D eigenvalue weighted by Gasteiger charge is -2.04. The Bertz CT molecular complexity index is 569. The van der Waals surface area contributed by atoms with Crippen molar-refractivity contribution < 1.29 is 23.0 Å². The molecule has 1 aromatic carbocycles. The fraction of sp³-hybridized carbons (Fsp3) is 0.167. The molecule has 0 amide bonds. The van der Waals surface area contributed by atoms with Gasteiger partial charge in [-0.25, -0.2) is 9.78 Å². The van der Waals surface area contributed by atoms with Gasteiger partial charge in [0.15, 0.2) is 5.69 Å². The standard InChI is InChI=1S/C12H9F2NO3S/c1-17-11(16)9-6-19-10(15-9)7-2-4-8(5-3-7)18-12(13)14/h2-6,12H,1H3. The van der Waals surface area contributed by atoms with E-state index in [1.54, 1.807) is 17.5 Å². The predicted molar refractivity (Wildman–Crippen MR) is 65.5 cm³/mol. The maximum Gasteiger partial charge on any atom is 0.387 e. The number of rotatable bonds is 4. The minimum absolute atomic E-state index is 0.0727. The van der Waals surface area contributed by atoms with Crippen LogP contribution in [-0.4, -0.2) is 24.7 Å². The predicted octanol–water partition coefficient (Wildman–Crippen LogP) is 3.20. The zero-order valence-electron chi connectivity index (χ0n) is 9.80. The van der Waals surface area contributed by atoms with Crippen LogP contribution in [0, 0.1) is 0 Å². The quantitative estimate of drug-likeness (QED) is 0.809. The van der Waals surface area contributed by atoms with Crippen LogP contribution in [0.2, 0.25) is 0 Å². The van der Waals surface area contributed by atoms with Crippen LogP contribution in [-0.2, 0) is 4.74 Å². The van der Waals surface area contributed by atoms with Crippen LogP contribution in [0.5, 0.6) is 5.75 Å². The first-order chi connectivity index (χ1) is 9.10. The second kappa shape index (κ2) is 5.75. The molecule has 19 heavy (non-hydrogen) atoms. The van der Waals surface area contributed by atoms with Crippen LogP contribution in [0.25, 0.3) is 10.6 Å². The van der Waals surface area contributed by atoms with E-state index in [0.717, 1.165) is 0 Å². The Labute approximate surface area is 111 Å². The van der Waals surface area contributed by atoms with Gasteiger partial charge in [0.05, 0.1) is 7.11 Å². The van der Waals surface area contributed by atoms with Crippen molar-refractivity contribution in [2.75, 3.05) is 7.11 Å². The molecule has 0 N–H and O–H groups in total. The number of nitrogens with zero attached hydrogens (tertiary/aromatic N) is 1. The van der Waals surface area contributed by atoms with Crippen LogP contribution in [0.1, 0.15) is 10.5 Å². The molecule has 100 valence electrons. The molecule has 0 aliphatic rings. The topological polar surface area (TPSA) is 48.4 Å². The Morgan fingerprint density at radius 2 is 2.00 bits per heavy atom. The summed E-state index contributed by atoms with van der Waals surface area (Å²) in [6, 6.07) is 6.02. The number of hydrogen-bond donors (Lipinski definition) is 0. The van der Waals surface area contributed by atoms with Crippen LogP contribution in [0.3, 0.4) is 0 Å². The molecule has 1 heterocycles. The highest BCUT2D eigenvalue weighted by atomic mass is 32.1. The summed E-state index contributed by atoms with van der Waals surface area (Å²) in [5.41, 5.74) is 0.928. The van der Waals surface area contributed by atoms with Gasteiger partial charge in [-0.1, -0.05) is 0 Å². The number of halogens is 2. The highest BCUT2D eigenvalue weighted by molar-refractivity contribution is 7.13. The number of benzene rings is 1. The molecule has 1 aromatic heterocycles. The van der Waals surface area contributed by atoms with Crippen molar-refractivity contribution >= 4 is 17.3 Å². The number of aromatic nitrogens is 1. The monoisotopic (exact) mass is 285 g/mol. The van der Waals surface area contributed by atoms with Crippen molar-refractivity contribution in [2.45, 2.75) is 6.61 Å². The lowest BCUT2D eigenvalue weighted by molar-refractivity contribution is -0.0498. The zero-order chi connectivity index (χ0) is 13.8. The van der Waals surface area contributed by atoms with E-state index in [2.05, 4.69) is 14.5 Å². The summed E-state index contributed by atoms with van der Waals surface area (Å²) in [6.45, 7) is -2.85. The van der Waals surface area contributed by atoms with E-state index in [9.17, 15) is 13.6 Å². The van der Waals surface area contributed by atoms with Gasteiger partial charge >= 0.3 is 12.6 Å². The van der Waals surface area contributed by atoms with E-state index in [1.165, 1.54) is 30.6 Å². The summed E-state index contributed by atoms with van der Waals surface area (Å²) in [5, 5.41) is 2.18. The molecule has 0 spiro atoms. The fourth-order valence-corrected chi connectivity index (χ4v) is 2.18. The van der Waals surface area contributed by atoms with Crippen molar-refractivity contribution in [3.05, 3.63) is 35.3 Å². The van der Waals surface area contributed by atoms with E-state index in [4.69, 9.17) is 0 Å². The van der Waals surface area contributed by atoms with E-state index >= 15 is 0 Å². The van der Waals surface area contributed by atoms with Gasteiger partial charge in [-0.2, -0.15) is 8.78 Å². The van der Waals surface area contributed by atoms with Gasteiger partial charge in [0.25, 0.3) is 0 Å². The van der Waals surface area contributed by atoms with Gasteiger partial charge in [0.1, 0.15) is 10.8 Å². The fourth-order valence-electron chi connectivity index (χ4n) is 1.38. The first-order valence-corrected chi connectivity index (χ1v) is 6.07. The summed E-state index contributed by atoms with van der Waals surface area (Å²) >= 11 is 1.27. The maximum atomic E-state index is 12.0. The number of thiazole rings is 1. The largest absolute Gasteiger partial charge is 0.464 e. The van der Waals surface area contributed by atoms with Gasteiger partial charge in [0, 0.05) is 10.9 Å². The van der Waals surface area contributed by atoms with Crippen molar-refractivity contribution in [2.24, 2.45) is 0 Å². The third kappa shape index (κ3) is 3.25. The summed E-state index contributed by atoms with van der Waals surface area (Å²) in [7, 11) is 1.28. The molecule has 2 rings (SSSR count). The normalized spacial score (nSPS) is 10.5. The Hall–Kier alpha value is -2.02. The number of carbonyl (C=O) groups is 1. The molecule has 7 heteroatoms. The summed E-state index contributed by atoms with van der Waals surface area (Å²) in [5.74, 6) is -0.441. The number of ether oxygens (including phenoxy) is 2. The second-order valence-corrected chi connectivity index (χ2v) is 4.29. The minimum Gasteiger partial charge on any atom is -0.464 e. The van der Waals surface area contributed by atoms with Gasteiger partial charge < -0.3 is 9.47 Å². The van der Waals surface area contributed by atoms with Gasteiger partial charge in [-0.05, 0) is 24.3 Å². The zero-order valence-corrected chi connectivity index (χ0v) is 10.6. The van der Waals surface area contributed by atoms with E-state index in [-0.39, 0.29) is 11.4 Å². The molecule has 2 aromatic rings. The number of carbonyl (C=O) groups excluding carboxylic acids is 1. The van der Waals surface area contributed by atoms with Crippen LogP contribution < -0.4 is 4.74 Å². The van der Waals surface area contributed by atoms with Crippen molar-refractivity contribution in [3.8, 4) is 16.3 Å². The first kappa shape index (κ1) is 13.4. The molecule has 0 unspecified atom stereocenters. The third-order valence-electron chi connectivity index (χ3n) is 2.23. The van der Waals surface area contributed by atoms with Gasteiger partial charge in [-0.15, -0.1) is 11.3 Å². The summed E-state index contributed by atoms with van der Waals surface area (Å²) in [6.07, 6.45) is 0.